The number of aryl methyl sites for hydroxylation is 1. The lowest BCUT2D eigenvalue weighted by atomic mass is 9.95. The quantitative estimate of drug-likeness (QED) is 0.459. The summed E-state index contributed by atoms with van der Waals surface area (Å²) in [6, 6.07) is 18.1. The Morgan fingerprint density at radius 1 is 1.09 bits per heavy atom. The Kier molecular flexibility index (Phi) is 6.91. The highest BCUT2D eigenvalue weighted by molar-refractivity contribution is 7.12. The molecule has 170 valence electrons. The largest absolute Gasteiger partial charge is 0.503 e. The minimum absolute atomic E-state index is 0.0899. The summed E-state index contributed by atoms with van der Waals surface area (Å²) in [7, 11) is 1.54. The maximum atomic E-state index is 13.2. The lowest BCUT2D eigenvalue weighted by Gasteiger charge is -2.26. The lowest BCUT2D eigenvalue weighted by Crippen LogP contribution is -2.33. The summed E-state index contributed by atoms with van der Waals surface area (Å²) in [5.41, 5.74) is 3.06. The van der Waals surface area contributed by atoms with E-state index in [4.69, 9.17) is 9.47 Å². The van der Waals surface area contributed by atoms with Crippen molar-refractivity contribution >= 4 is 23.0 Å². The van der Waals surface area contributed by atoms with Crippen molar-refractivity contribution < 1.29 is 24.2 Å². The number of aliphatic hydroxyl groups excluding tert-OH is 1. The molecule has 0 spiro atoms. The Morgan fingerprint density at radius 2 is 1.85 bits per heavy atom. The standard InChI is InChI=1S/C26H25NO5S/c1-17-6-3-4-7-19(17)16-32-20-11-9-18(10-12-20)23-22(24(28)21-8-5-15-33-21)25(29)26(30)27(23)13-14-31-2/h3-12,15,23,29H,13-14,16H2,1-2H3. The molecule has 1 amide bonds. The molecule has 1 aliphatic heterocycles. The summed E-state index contributed by atoms with van der Waals surface area (Å²) in [5, 5.41) is 12.4. The van der Waals surface area contributed by atoms with Gasteiger partial charge in [0.25, 0.3) is 5.91 Å². The van der Waals surface area contributed by atoms with Crippen molar-refractivity contribution in [1.29, 1.82) is 0 Å². The summed E-state index contributed by atoms with van der Waals surface area (Å²) >= 11 is 1.28. The minimum Gasteiger partial charge on any atom is -0.503 e. The van der Waals surface area contributed by atoms with E-state index in [0.717, 1.165) is 11.1 Å². The van der Waals surface area contributed by atoms with Gasteiger partial charge in [0.2, 0.25) is 5.78 Å². The monoisotopic (exact) mass is 463 g/mol. The van der Waals surface area contributed by atoms with Gasteiger partial charge in [-0.1, -0.05) is 42.5 Å². The Bertz CT molecular complexity index is 1170. The van der Waals surface area contributed by atoms with Crippen LogP contribution in [0, 0.1) is 6.92 Å². The number of rotatable bonds is 9. The van der Waals surface area contributed by atoms with Gasteiger partial charge < -0.3 is 19.5 Å². The Morgan fingerprint density at radius 3 is 2.52 bits per heavy atom. The van der Waals surface area contributed by atoms with Crippen LogP contribution in [0.5, 0.6) is 5.75 Å². The Labute approximate surface area is 196 Å². The molecule has 0 saturated carbocycles. The van der Waals surface area contributed by atoms with Crippen molar-refractivity contribution in [2.24, 2.45) is 0 Å². The van der Waals surface area contributed by atoms with Crippen LogP contribution in [-0.2, 0) is 16.1 Å². The fourth-order valence-corrected chi connectivity index (χ4v) is 4.55. The molecule has 1 atom stereocenters. The van der Waals surface area contributed by atoms with Gasteiger partial charge in [0.05, 0.1) is 23.1 Å². The van der Waals surface area contributed by atoms with Gasteiger partial charge in [0.1, 0.15) is 12.4 Å². The molecule has 0 bridgehead atoms. The van der Waals surface area contributed by atoms with Gasteiger partial charge in [-0.05, 0) is 47.2 Å². The smallest absolute Gasteiger partial charge is 0.290 e. The average molecular weight is 464 g/mol. The van der Waals surface area contributed by atoms with Crippen molar-refractivity contribution in [1.82, 2.24) is 4.90 Å². The number of hydrogen-bond acceptors (Lipinski definition) is 6. The first-order valence-corrected chi connectivity index (χ1v) is 11.5. The van der Waals surface area contributed by atoms with Gasteiger partial charge >= 0.3 is 0 Å². The van der Waals surface area contributed by atoms with E-state index >= 15 is 0 Å². The molecule has 3 aromatic rings. The van der Waals surface area contributed by atoms with Crippen LogP contribution in [0.15, 0.2) is 77.4 Å². The number of hydrogen-bond donors (Lipinski definition) is 1. The van der Waals surface area contributed by atoms with Gasteiger partial charge in [0.15, 0.2) is 5.76 Å². The number of amides is 1. The molecular weight excluding hydrogens is 438 g/mol. The second kappa shape index (κ2) is 10.0. The van der Waals surface area contributed by atoms with Crippen LogP contribution < -0.4 is 4.74 Å². The van der Waals surface area contributed by atoms with Crippen LogP contribution in [0.3, 0.4) is 0 Å². The Balaban J connectivity index is 1.61. The van der Waals surface area contributed by atoms with Crippen LogP contribution in [-0.4, -0.2) is 42.0 Å². The van der Waals surface area contributed by atoms with Gasteiger partial charge in [-0.25, -0.2) is 0 Å². The summed E-state index contributed by atoms with van der Waals surface area (Å²) in [6.07, 6.45) is 0. The number of carbonyl (C=O) groups excluding carboxylic acids is 2. The molecule has 0 aliphatic carbocycles. The predicted octanol–water partition coefficient (Wildman–Crippen LogP) is 4.86. The molecule has 7 heteroatoms. The number of carbonyl (C=O) groups is 2. The molecule has 1 aliphatic rings. The second-order valence-corrected chi connectivity index (χ2v) is 8.69. The minimum atomic E-state index is -0.701. The lowest BCUT2D eigenvalue weighted by molar-refractivity contribution is -0.130. The third kappa shape index (κ3) is 4.69. The fraction of sp³-hybridized carbons (Fsp3) is 0.231. The maximum absolute atomic E-state index is 13.2. The van der Waals surface area contributed by atoms with Crippen molar-refractivity contribution in [3.8, 4) is 5.75 Å². The molecule has 1 aromatic heterocycles. The van der Waals surface area contributed by atoms with Crippen LogP contribution in [0.2, 0.25) is 0 Å². The number of ketones is 1. The van der Waals surface area contributed by atoms with E-state index in [0.29, 0.717) is 22.8 Å². The number of thiophene rings is 1. The van der Waals surface area contributed by atoms with Crippen LogP contribution in [0.25, 0.3) is 0 Å². The number of benzene rings is 2. The average Bonchev–Trinajstić information content (AvgIpc) is 3.45. The molecule has 33 heavy (non-hydrogen) atoms. The van der Waals surface area contributed by atoms with E-state index < -0.39 is 17.7 Å². The summed E-state index contributed by atoms with van der Waals surface area (Å²) in [6.45, 7) is 3.01. The van der Waals surface area contributed by atoms with Crippen molar-refractivity contribution in [3.63, 3.8) is 0 Å². The molecule has 6 nitrogen and oxygen atoms in total. The maximum Gasteiger partial charge on any atom is 0.290 e. The van der Waals surface area contributed by atoms with Crippen molar-refractivity contribution in [3.05, 3.63) is 98.9 Å². The molecule has 1 unspecified atom stereocenters. The molecule has 0 radical (unpaired) electrons. The number of aliphatic hydroxyl groups is 1. The first-order valence-electron chi connectivity index (χ1n) is 10.6. The summed E-state index contributed by atoms with van der Waals surface area (Å²) in [4.78, 5) is 28.0. The topological polar surface area (TPSA) is 76.1 Å². The fourth-order valence-electron chi connectivity index (χ4n) is 3.87. The molecule has 2 aromatic carbocycles. The molecule has 0 fully saturated rings. The predicted molar refractivity (Wildman–Crippen MR) is 127 cm³/mol. The van der Waals surface area contributed by atoms with Crippen molar-refractivity contribution in [2.75, 3.05) is 20.3 Å². The highest BCUT2D eigenvalue weighted by atomic mass is 32.1. The summed E-state index contributed by atoms with van der Waals surface area (Å²) < 4.78 is 11.1. The Hall–Kier alpha value is -3.42. The molecular formula is C26H25NO5S. The van der Waals surface area contributed by atoms with Gasteiger partial charge in [0, 0.05) is 13.7 Å². The SMILES string of the molecule is COCCN1C(=O)C(O)=C(C(=O)c2cccs2)C1c1ccc(OCc2ccccc2C)cc1. The number of nitrogens with zero attached hydrogens (tertiary/aromatic N) is 1. The highest BCUT2D eigenvalue weighted by Crippen LogP contribution is 2.39. The van der Waals surface area contributed by atoms with Gasteiger partial charge in [-0.2, -0.15) is 0 Å². The van der Waals surface area contributed by atoms with E-state index in [9.17, 15) is 14.7 Å². The molecule has 1 N–H and O–H groups in total. The van der Waals surface area contributed by atoms with Crippen molar-refractivity contribution in [2.45, 2.75) is 19.6 Å². The molecule has 2 heterocycles. The van der Waals surface area contributed by atoms with E-state index in [1.807, 2.05) is 55.5 Å². The number of ether oxygens (including phenoxy) is 2. The zero-order chi connectivity index (χ0) is 23.4. The van der Waals surface area contributed by atoms with Crippen LogP contribution in [0.4, 0.5) is 0 Å². The van der Waals surface area contributed by atoms with E-state index in [1.54, 1.807) is 24.6 Å². The zero-order valence-corrected chi connectivity index (χ0v) is 19.3. The zero-order valence-electron chi connectivity index (χ0n) is 18.5. The number of Topliss-reactive ketones (excluding diaryl/α,β-unsaturated/α-hetero) is 1. The van der Waals surface area contributed by atoms with Gasteiger partial charge in [-0.15, -0.1) is 11.3 Å². The second-order valence-electron chi connectivity index (χ2n) is 7.75. The first-order chi connectivity index (χ1) is 16.0. The third-order valence-electron chi connectivity index (χ3n) is 5.68. The number of methoxy groups -OCH3 is 1. The molecule has 4 rings (SSSR count). The van der Waals surface area contributed by atoms with Gasteiger partial charge in [-0.3, -0.25) is 9.59 Å². The first kappa shape index (κ1) is 22.8. The molecule has 0 saturated heterocycles. The van der Waals surface area contributed by atoms with E-state index in [-0.39, 0.29) is 24.5 Å². The van der Waals surface area contributed by atoms with E-state index in [1.165, 1.54) is 16.2 Å². The summed E-state index contributed by atoms with van der Waals surface area (Å²) in [5.74, 6) is -0.749. The highest BCUT2D eigenvalue weighted by Gasteiger charge is 2.43. The van der Waals surface area contributed by atoms with Crippen LogP contribution in [0.1, 0.15) is 32.4 Å². The normalized spacial score (nSPS) is 15.9. The van der Waals surface area contributed by atoms with Crippen LogP contribution >= 0.6 is 11.3 Å². The van der Waals surface area contributed by atoms with E-state index in [2.05, 4.69) is 0 Å². The third-order valence-corrected chi connectivity index (χ3v) is 6.55.